The van der Waals surface area contributed by atoms with E-state index in [2.05, 4.69) is 21.9 Å². The molecule has 3 fully saturated rings. The number of nitrogens with two attached hydrogens (primary N) is 1. The lowest BCUT2D eigenvalue weighted by molar-refractivity contribution is 0.148. The van der Waals surface area contributed by atoms with Crippen LogP contribution in [-0.2, 0) is 0 Å². The lowest BCUT2D eigenvalue weighted by Crippen LogP contribution is -2.55. The van der Waals surface area contributed by atoms with Gasteiger partial charge in [0.05, 0.1) is 0 Å². The second-order valence-electron chi connectivity index (χ2n) is 6.16. The van der Waals surface area contributed by atoms with Crippen LogP contribution in [0.15, 0.2) is 24.3 Å². The molecule has 0 amide bonds. The second kappa shape index (κ2) is 3.64. The van der Waals surface area contributed by atoms with Crippen molar-refractivity contribution in [1.82, 2.24) is 4.90 Å². The summed E-state index contributed by atoms with van der Waals surface area (Å²) in [6.45, 7) is 3.63. The molecule has 1 aliphatic heterocycles. The van der Waals surface area contributed by atoms with E-state index in [1.165, 1.54) is 51.0 Å². The number of hydrogen-bond donors (Lipinski definition) is 1. The van der Waals surface area contributed by atoms with E-state index in [9.17, 15) is 0 Å². The molecule has 3 nitrogen and oxygen atoms in total. The van der Waals surface area contributed by atoms with Crippen LogP contribution in [-0.4, -0.2) is 36.1 Å². The van der Waals surface area contributed by atoms with Gasteiger partial charge in [-0.25, -0.2) is 0 Å². The van der Waals surface area contributed by atoms with Gasteiger partial charge < -0.3 is 10.6 Å². The van der Waals surface area contributed by atoms with E-state index in [0.717, 1.165) is 11.7 Å². The van der Waals surface area contributed by atoms with Crippen LogP contribution in [0.25, 0.3) is 0 Å². The number of nitrogens with zero attached hydrogens (tertiary/aromatic N) is 2. The number of hydrogen-bond acceptors (Lipinski definition) is 3. The molecule has 96 valence electrons. The summed E-state index contributed by atoms with van der Waals surface area (Å²) in [6, 6.07) is 9.28. The third kappa shape index (κ3) is 1.69. The zero-order valence-electron chi connectivity index (χ0n) is 10.8. The highest BCUT2D eigenvalue weighted by Crippen LogP contribution is 2.49. The summed E-state index contributed by atoms with van der Waals surface area (Å²) >= 11 is 0. The predicted molar refractivity (Wildman–Crippen MR) is 74.8 cm³/mol. The SMILES string of the molecule is Nc1ccc(N2CCN(C3CC3)C3(CC3)C2)cc1. The predicted octanol–water partition coefficient (Wildman–Crippen LogP) is 2.09. The Labute approximate surface area is 109 Å². The Morgan fingerprint density at radius 2 is 1.78 bits per heavy atom. The molecule has 3 heteroatoms. The fourth-order valence-electron chi connectivity index (χ4n) is 3.44. The Morgan fingerprint density at radius 1 is 1.06 bits per heavy atom. The first kappa shape index (κ1) is 10.7. The second-order valence-corrected chi connectivity index (χ2v) is 6.16. The third-order valence-electron chi connectivity index (χ3n) is 4.78. The maximum Gasteiger partial charge on any atom is 0.0389 e. The highest BCUT2D eigenvalue weighted by Gasteiger charge is 2.54. The van der Waals surface area contributed by atoms with Crippen molar-refractivity contribution >= 4 is 11.4 Å². The lowest BCUT2D eigenvalue weighted by Gasteiger charge is -2.43. The van der Waals surface area contributed by atoms with E-state index < -0.39 is 0 Å². The topological polar surface area (TPSA) is 32.5 Å². The van der Waals surface area contributed by atoms with Gasteiger partial charge >= 0.3 is 0 Å². The maximum absolute atomic E-state index is 5.77. The van der Waals surface area contributed by atoms with E-state index in [-0.39, 0.29) is 0 Å². The van der Waals surface area contributed by atoms with Crippen LogP contribution in [0.2, 0.25) is 0 Å². The van der Waals surface area contributed by atoms with Gasteiger partial charge in [0.15, 0.2) is 0 Å². The summed E-state index contributed by atoms with van der Waals surface area (Å²) in [5.41, 5.74) is 8.49. The molecule has 1 saturated heterocycles. The van der Waals surface area contributed by atoms with Crippen LogP contribution < -0.4 is 10.6 Å². The highest BCUT2D eigenvalue weighted by molar-refractivity contribution is 5.54. The number of benzene rings is 1. The molecule has 4 rings (SSSR count). The molecule has 1 spiro atoms. The Kier molecular flexibility index (Phi) is 2.16. The molecule has 0 bridgehead atoms. The van der Waals surface area contributed by atoms with Crippen molar-refractivity contribution in [1.29, 1.82) is 0 Å². The van der Waals surface area contributed by atoms with Crippen LogP contribution in [0, 0.1) is 0 Å². The minimum absolute atomic E-state index is 0.529. The van der Waals surface area contributed by atoms with Crippen molar-refractivity contribution in [2.24, 2.45) is 0 Å². The van der Waals surface area contributed by atoms with Crippen LogP contribution >= 0.6 is 0 Å². The molecule has 1 aromatic rings. The average Bonchev–Trinajstić information content (AvgIpc) is 3.27. The molecule has 2 saturated carbocycles. The van der Waals surface area contributed by atoms with Crippen LogP contribution in [0.4, 0.5) is 11.4 Å². The first-order chi connectivity index (χ1) is 8.77. The molecule has 1 heterocycles. The fourth-order valence-corrected chi connectivity index (χ4v) is 3.44. The number of nitrogen functional groups attached to an aromatic ring is 1. The monoisotopic (exact) mass is 243 g/mol. The standard InChI is InChI=1S/C15H21N3/c16-12-1-3-13(4-2-12)17-9-10-18(14-5-6-14)15(11-17)7-8-15/h1-4,14H,5-11,16H2. The van der Waals surface area contributed by atoms with E-state index in [4.69, 9.17) is 5.73 Å². The quantitative estimate of drug-likeness (QED) is 0.807. The maximum atomic E-state index is 5.77. The summed E-state index contributed by atoms with van der Waals surface area (Å²) in [5, 5.41) is 0. The molecular formula is C15H21N3. The van der Waals surface area contributed by atoms with Gasteiger partial charge in [0.2, 0.25) is 0 Å². The van der Waals surface area contributed by atoms with E-state index in [1.54, 1.807) is 0 Å². The van der Waals surface area contributed by atoms with Crippen molar-refractivity contribution in [3.63, 3.8) is 0 Å². The minimum Gasteiger partial charge on any atom is -0.399 e. The Balaban J connectivity index is 1.53. The zero-order chi connectivity index (χ0) is 12.2. The van der Waals surface area contributed by atoms with Gasteiger partial charge in [-0.05, 0) is 49.9 Å². The van der Waals surface area contributed by atoms with Gasteiger partial charge in [0.25, 0.3) is 0 Å². The largest absolute Gasteiger partial charge is 0.399 e. The first-order valence-corrected chi connectivity index (χ1v) is 7.14. The molecule has 1 aromatic carbocycles. The molecule has 3 aliphatic rings. The number of rotatable bonds is 2. The van der Waals surface area contributed by atoms with E-state index in [0.29, 0.717) is 5.54 Å². The Bertz CT molecular complexity index is 445. The van der Waals surface area contributed by atoms with Crippen molar-refractivity contribution in [3.05, 3.63) is 24.3 Å². The molecule has 18 heavy (non-hydrogen) atoms. The van der Waals surface area contributed by atoms with Crippen LogP contribution in [0.5, 0.6) is 0 Å². The summed E-state index contributed by atoms with van der Waals surface area (Å²) in [6.07, 6.45) is 5.66. The summed E-state index contributed by atoms with van der Waals surface area (Å²) in [5.74, 6) is 0. The van der Waals surface area contributed by atoms with Gasteiger partial charge in [0, 0.05) is 42.6 Å². The van der Waals surface area contributed by atoms with E-state index >= 15 is 0 Å². The van der Waals surface area contributed by atoms with Crippen molar-refractivity contribution in [3.8, 4) is 0 Å². The average molecular weight is 243 g/mol. The van der Waals surface area contributed by atoms with Gasteiger partial charge in [-0.2, -0.15) is 0 Å². The smallest absolute Gasteiger partial charge is 0.0389 e. The zero-order valence-corrected chi connectivity index (χ0v) is 10.8. The molecule has 0 radical (unpaired) electrons. The fraction of sp³-hybridized carbons (Fsp3) is 0.600. The molecule has 0 unspecified atom stereocenters. The summed E-state index contributed by atoms with van der Waals surface area (Å²) < 4.78 is 0. The molecule has 2 aliphatic carbocycles. The molecule has 0 atom stereocenters. The van der Waals surface area contributed by atoms with Gasteiger partial charge in [-0.3, -0.25) is 4.90 Å². The third-order valence-corrected chi connectivity index (χ3v) is 4.78. The molecule has 0 aromatic heterocycles. The summed E-state index contributed by atoms with van der Waals surface area (Å²) in [4.78, 5) is 5.35. The van der Waals surface area contributed by atoms with Crippen molar-refractivity contribution < 1.29 is 0 Å². The molecular weight excluding hydrogens is 222 g/mol. The van der Waals surface area contributed by atoms with Crippen molar-refractivity contribution in [2.75, 3.05) is 30.3 Å². The van der Waals surface area contributed by atoms with Crippen molar-refractivity contribution in [2.45, 2.75) is 37.3 Å². The van der Waals surface area contributed by atoms with E-state index in [1.807, 2.05) is 12.1 Å². The summed E-state index contributed by atoms with van der Waals surface area (Å²) in [7, 11) is 0. The lowest BCUT2D eigenvalue weighted by atomic mass is 10.1. The number of anilines is 2. The first-order valence-electron chi connectivity index (χ1n) is 7.14. The Morgan fingerprint density at radius 3 is 2.39 bits per heavy atom. The van der Waals surface area contributed by atoms with Crippen LogP contribution in [0.3, 0.4) is 0 Å². The minimum atomic E-state index is 0.529. The molecule has 2 N–H and O–H groups in total. The van der Waals surface area contributed by atoms with Gasteiger partial charge in [0.1, 0.15) is 0 Å². The Hall–Kier alpha value is -1.22. The number of piperazine rings is 1. The van der Waals surface area contributed by atoms with Crippen LogP contribution in [0.1, 0.15) is 25.7 Å². The van der Waals surface area contributed by atoms with Gasteiger partial charge in [-0.1, -0.05) is 0 Å². The highest BCUT2D eigenvalue weighted by atomic mass is 15.4. The van der Waals surface area contributed by atoms with Gasteiger partial charge in [-0.15, -0.1) is 0 Å². The normalized spacial score (nSPS) is 26.6.